The van der Waals surface area contributed by atoms with Gasteiger partial charge in [-0.2, -0.15) is 0 Å². The van der Waals surface area contributed by atoms with Crippen molar-refractivity contribution >= 4 is 11.8 Å². The molecule has 0 aliphatic carbocycles. The number of carbonyl (C=O) groups is 2. The van der Waals surface area contributed by atoms with Crippen LogP contribution in [0.1, 0.15) is 44.2 Å². The standard InChI is InChI=1S/C32H46N4O4/c1-25(2)22-30(36-18-20-39-21-19-36)32(38)34-29(31(37)33-14-17-35-15-6-7-16-35)23-26-10-12-28(13-11-26)40-24-27-8-4-3-5-9-27/h3-5,8-13,25,29-30H,6-7,14-24H2,1-2H3,(H,33,37)(H,34,38)/t29-,30-/m0/s1. The molecule has 2 heterocycles. The molecule has 2 fully saturated rings. The van der Waals surface area contributed by atoms with Gasteiger partial charge < -0.3 is 25.0 Å². The smallest absolute Gasteiger partial charge is 0.242 e. The van der Waals surface area contributed by atoms with Crippen LogP contribution < -0.4 is 15.4 Å². The maximum atomic E-state index is 13.6. The van der Waals surface area contributed by atoms with Gasteiger partial charge in [0.25, 0.3) is 0 Å². The number of ether oxygens (including phenoxy) is 2. The highest BCUT2D eigenvalue weighted by molar-refractivity contribution is 5.90. The van der Waals surface area contributed by atoms with E-state index in [4.69, 9.17) is 9.47 Å². The first-order chi connectivity index (χ1) is 19.5. The van der Waals surface area contributed by atoms with Crippen molar-refractivity contribution in [3.63, 3.8) is 0 Å². The minimum atomic E-state index is -0.655. The van der Waals surface area contributed by atoms with Gasteiger partial charge in [-0.3, -0.25) is 14.5 Å². The monoisotopic (exact) mass is 550 g/mol. The van der Waals surface area contributed by atoms with E-state index in [-0.39, 0.29) is 17.9 Å². The molecule has 218 valence electrons. The van der Waals surface area contributed by atoms with Crippen LogP contribution in [0, 0.1) is 5.92 Å². The van der Waals surface area contributed by atoms with Gasteiger partial charge in [-0.1, -0.05) is 56.3 Å². The zero-order valence-electron chi connectivity index (χ0n) is 24.1. The number of benzene rings is 2. The topological polar surface area (TPSA) is 83.1 Å². The van der Waals surface area contributed by atoms with Crippen LogP contribution in [-0.2, 0) is 27.4 Å². The quantitative estimate of drug-likeness (QED) is 0.376. The third-order valence-corrected chi connectivity index (χ3v) is 7.65. The molecule has 2 aliphatic heterocycles. The lowest BCUT2D eigenvalue weighted by atomic mass is 9.99. The SMILES string of the molecule is CC(C)C[C@@H](C(=O)N[C@@H](Cc1ccc(OCc2ccccc2)cc1)C(=O)NCCN1CCCC1)N1CCOCC1. The predicted molar refractivity (Wildman–Crippen MR) is 157 cm³/mol. The number of hydrogen-bond donors (Lipinski definition) is 2. The van der Waals surface area contributed by atoms with Gasteiger partial charge in [0.1, 0.15) is 18.4 Å². The second kappa shape index (κ2) is 15.7. The molecule has 2 aliphatic rings. The van der Waals surface area contributed by atoms with E-state index in [0.717, 1.165) is 56.0 Å². The van der Waals surface area contributed by atoms with E-state index >= 15 is 0 Å². The van der Waals surface area contributed by atoms with Gasteiger partial charge in [0.05, 0.1) is 19.3 Å². The zero-order chi connectivity index (χ0) is 28.2. The van der Waals surface area contributed by atoms with Gasteiger partial charge in [0, 0.05) is 32.6 Å². The Kier molecular flexibility index (Phi) is 11.8. The zero-order valence-corrected chi connectivity index (χ0v) is 24.1. The third-order valence-electron chi connectivity index (χ3n) is 7.65. The number of rotatable bonds is 14. The highest BCUT2D eigenvalue weighted by atomic mass is 16.5. The maximum Gasteiger partial charge on any atom is 0.242 e. The first-order valence-electron chi connectivity index (χ1n) is 14.9. The number of amides is 2. The van der Waals surface area contributed by atoms with Gasteiger partial charge in [0.15, 0.2) is 0 Å². The molecule has 0 bridgehead atoms. The fourth-order valence-electron chi connectivity index (χ4n) is 5.40. The Balaban J connectivity index is 1.40. The van der Waals surface area contributed by atoms with Gasteiger partial charge in [0.2, 0.25) is 11.8 Å². The molecule has 0 unspecified atom stereocenters. The number of nitrogens with one attached hydrogen (secondary N) is 2. The minimum absolute atomic E-state index is 0.0851. The van der Waals surface area contributed by atoms with Crippen molar-refractivity contribution in [3.05, 3.63) is 65.7 Å². The van der Waals surface area contributed by atoms with E-state index in [2.05, 4.69) is 34.3 Å². The number of nitrogens with zero attached hydrogens (tertiary/aromatic N) is 2. The number of hydrogen-bond acceptors (Lipinski definition) is 6. The molecule has 40 heavy (non-hydrogen) atoms. The fourth-order valence-corrected chi connectivity index (χ4v) is 5.40. The van der Waals surface area contributed by atoms with Gasteiger partial charge in [-0.15, -0.1) is 0 Å². The summed E-state index contributed by atoms with van der Waals surface area (Å²) in [6.45, 7) is 11.1. The van der Waals surface area contributed by atoms with E-state index in [1.54, 1.807) is 0 Å². The first kappa shape index (κ1) is 30.0. The van der Waals surface area contributed by atoms with Crippen LogP contribution in [0.3, 0.4) is 0 Å². The van der Waals surface area contributed by atoms with E-state index in [9.17, 15) is 9.59 Å². The second-order valence-electron chi connectivity index (χ2n) is 11.3. The Morgan fingerprint density at radius 1 is 0.900 bits per heavy atom. The second-order valence-corrected chi connectivity index (χ2v) is 11.3. The summed E-state index contributed by atoms with van der Waals surface area (Å²) >= 11 is 0. The average Bonchev–Trinajstić information content (AvgIpc) is 3.49. The molecule has 2 aromatic carbocycles. The molecule has 0 aromatic heterocycles. The van der Waals surface area contributed by atoms with Crippen LogP contribution in [-0.4, -0.2) is 86.2 Å². The molecule has 8 nitrogen and oxygen atoms in total. The summed E-state index contributed by atoms with van der Waals surface area (Å²) in [5.41, 5.74) is 2.08. The minimum Gasteiger partial charge on any atom is -0.489 e. The molecule has 2 atom stereocenters. The summed E-state index contributed by atoms with van der Waals surface area (Å²) in [6.07, 6.45) is 3.59. The van der Waals surface area contributed by atoms with Crippen molar-refractivity contribution in [2.24, 2.45) is 5.92 Å². The number of morpholine rings is 1. The van der Waals surface area contributed by atoms with Gasteiger partial charge in [-0.05, 0) is 61.5 Å². The molecular formula is C32H46N4O4. The lowest BCUT2D eigenvalue weighted by Crippen LogP contribution is -2.56. The molecule has 2 N–H and O–H groups in total. The molecule has 2 aromatic rings. The molecule has 0 spiro atoms. The van der Waals surface area contributed by atoms with Gasteiger partial charge >= 0.3 is 0 Å². The largest absolute Gasteiger partial charge is 0.489 e. The lowest BCUT2D eigenvalue weighted by molar-refractivity contribution is -0.133. The molecule has 2 amide bonds. The Morgan fingerprint density at radius 2 is 1.60 bits per heavy atom. The van der Waals surface area contributed by atoms with E-state index < -0.39 is 6.04 Å². The van der Waals surface area contributed by atoms with Crippen LogP contribution in [0.5, 0.6) is 5.75 Å². The summed E-state index contributed by atoms with van der Waals surface area (Å²) in [4.78, 5) is 31.6. The molecule has 8 heteroatoms. The molecule has 0 radical (unpaired) electrons. The van der Waals surface area contributed by atoms with Crippen LogP contribution in [0.15, 0.2) is 54.6 Å². The molecule has 4 rings (SSSR count). The maximum absolute atomic E-state index is 13.6. The Bertz CT molecular complexity index is 1030. The molecule has 0 saturated carbocycles. The van der Waals surface area contributed by atoms with Crippen molar-refractivity contribution in [1.29, 1.82) is 0 Å². The summed E-state index contributed by atoms with van der Waals surface area (Å²) < 4.78 is 11.5. The van der Waals surface area contributed by atoms with Crippen LogP contribution >= 0.6 is 0 Å². The number of carbonyl (C=O) groups excluding carboxylic acids is 2. The van der Waals surface area contributed by atoms with Gasteiger partial charge in [-0.25, -0.2) is 0 Å². The first-order valence-corrected chi connectivity index (χ1v) is 14.9. The van der Waals surface area contributed by atoms with Crippen molar-refractivity contribution < 1.29 is 19.1 Å². The number of likely N-dealkylation sites (tertiary alicyclic amines) is 1. The van der Waals surface area contributed by atoms with Crippen molar-refractivity contribution in [1.82, 2.24) is 20.4 Å². The Labute approximate surface area is 239 Å². The summed E-state index contributed by atoms with van der Waals surface area (Å²) in [7, 11) is 0. The van der Waals surface area contributed by atoms with Crippen LogP contribution in [0.4, 0.5) is 0 Å². The average molecular weight is 551 g/mol. The van der Waals surface area contributed by atoms with Crippen molar-refractivity contribution in [2.75, 3.05) is 52.5 Å². The van der Waals surface area contributed by atoms with E-state index in [1.165, 1.54) is 12.8 Å². The van der Waals surface area contributed by atoms with E-state index in [1.807, 2.05) is 54.6 Å². The molecular weight excluding hydrogens is 504 g/mol. The third kappa shape index (κ3) is 9.61. The fraction of sp³-hybridized carbons (Fsp3) is 0.562. The van der Waals surface area contributed by atoms with Crippen molar-refractivity contribution in [2.45, 2.75) is 58.2 Å². The predicted octanol–water partition coefficient (Wildman–Crippen LogP) is 3.25. The van der Waals surface area contributed by atoms with Crippen molar-refractivity contribution in [3.8, 4) is 5.75 Å². The van der Waals surface area contributed by atoms with E-state index in [0.29, 0.717) is 38.7 Å². The Hall–Kier alpha value is -2.94. The summed E-state index contributed by atoms with van der Waals surface area (Å²) in [5, 5.41) is 6.22. The summed E-state index contributed by atoms with van der Waals surface area (Å²) in [5.74, 6) is 0.905. The Morgan fingerprint density at radius 3 is 2.27 bits per heavy atom. The lowest BCUT2D eigenvalue weighted by Gasteiger charge is -2.35. The summed E-state index contributed by atoms with van der Waals surface area (Å²) in [6, 6.07) is 16.9. The van der Waals surface area contributed by atoms with Crippen LogP contribution in [0.25, 0.3) is 0 Å². The normalized spacial score (nSPS) is 17.9. The highest BCUT2D eigenvalue weighted by Gasteiger charge is 2.31. The molecule has 2 saturated heterocycles. The van der Waals surface area contributed by atoms with Crippen LogP contribution in [0.2, 0.25) is 0 Å². The highest BCUT2D eigenvalue weighted by Crippen LogP contribution is 2.17.